The van der Waals surface area contributed by atoms with Gasteiger partial charge in [-0.15, -0.1) is 0 Å². The molecule has 20 heavy (non-hydrogen) atoms. The quantitative estimate of drug-likeness (QED) is 0.842. The predicted octanol–water partition coefficient (Wildman–Crippen LogP) is 0.918. The summed E-state index contributed by atoms with van der Waals surface area (Å²) < 4.78 is 29.5. The van der Waals surface area contributed by atoms with Crippen LogP contribution in [0.4, 0.5) is 0 Å². The number of aliphatic hydroxyl groups is 1. The Balaban J connectivity index is 1.81. The first-order valence-corrected chi connectivity index (χ1v) is 8.96. The van der Waals surface area contributed by atoms with E-state index in [-0.39, 0.29) is 17.5 Å². The van der Waals surface area contributed by atoms with Crippen molar-refractivity contribution in [2.24, 2.45) is 0 Å². The maximum atomic E-state index is 11.5. The number of benzene rings is 1. The van der Waals surface area contributed by atoms with Crippen molar-refractivity contribution in [3.63, 3.8) is 0 Å². The Morgan fingerprint density at radius 2 is 2.00 bits per heavy atom. The van der Waals surface area contributed by atoms with Gasteiger partial charge >= 0.3 is 0 Å². The molecule has 1 N–H and O–H groups in total. The van der Waals surface area contributed by atoms with Crippen LogP contribution in [0.3, 0.4) is 0 Å². The van der Waals surface area contributed by atoms with Gasteiger partial charge in [-0.3, -0.25) is 4.90 Å². The summed E-state index contributed by atoms with van der Waals surface area (Å²) in [5, 5.41) is 9.78. The van der Waals surface area contributed by atoms with Gasteiger partial charge < -0.3 is 9.84 Å². The van der Waals surface area contributed by atoms with Gasteiger partial charge in [0.05, 0.1) is 23.7 Å². The van der Waals surface area contributed by atoms with Crippen molar-refractivity contribution in [1.29, 1.82) is 0 Å². The molecule has 7 heteroatoms. The fourth-order valence-corrected chi connectivity index (χ4v) is 4.38. The Hall–Kier alpha value is -0.630. The predicted molar refractivity (Wildman–Crippen MR) is 80.7 cm³/mol. The minimum Gasteiger partial charge on any atom is -0.492 e. The third-order valence-corrected chi connectivity index (χ3v) is 5.61. The molecule has 2 atom stereocenters. The molecular weight excluding hydrogens is 346 g/mol. The van der Waals surface area contributed by atoms with Gasteiger partial charge in [0, 0.05) is 11.0 Å². The van der Waals surface area contributed by atoms with E-state index < -0.39 is 15.9 Å². The molecule has 1 aliphatic heterocycles. The Morgan fingerprint density at radius 1 is 1.35 bits per heavy atom. The fourth-order valence-electron chi connectivity index (χ4n) is 2.24. The number of ether oxygens (including phenoxy) is 1. The lowest BCUT2D eigenvalue weighted by atomic mass is 10.2. The maximum absolute atomic E-state index is 11.5. The molecule has 0 aromatic heterocycles. The molecule has 1 heterocycles. The molecule has 0 radical (unpaired) electrons. The van der Waals surface area contributed by atoms with E-state index >= 15 is 0 Å². The highest BCUT2D eigenvalue weighted by atomic mass is 79.9. The number of hydrogen-bond donors (Lipinski definition) is 1. The van der Waals surface area contributed by atoms with Gasteiger partial charge in [0.25, 0.3) is 0 Å². The minimum atomic E-state index is -3.11. The van der Waals surface area contributed by atoms with Gasteiger partial charge in [0.2, 0.25) is 0 Å². The number of sulfone groups is 1. The number of rotatable bonds is 5. The Bertz CT molecular complexity index is 546. The average molecular weight is 364 g/mol. The summed E-state index contributed by atoms with van der Waals surface area (Å²) in [6, 6.07) is 7.17. The van der Waals surface area contributed by atoms with Gasteiger partial charge in [-0.25, -0.2) is 8.42 Å². The molecule has 0 saturated carbocycles. The summed E-state index contributed by atoms with van der Waals surface area (Å²) in [5.41, 5.74) is 0. The number of aliphatic hydroxyl groups excluding tert-OH is 1. The molecule has 0 amide bonds. The summed E-state index contributed by atoms with van der Waals surface area (Å²) in [6.45, 7) is 1.01. The number of hydrogen-bond acceptors (Lipinski definition) is 5. The van der Waals surface area contributed by atoms with Crippen molar-refractivity contribution in [2.45, 2.75) is 12.1 Å². The largest absolute Gasteiger partial charge is 0.492 e. The van der Waals surface area contributed by atoms with Gasteiger partial charge in [0.15, 0.2) is 9.84 Å². The SMILES string of the molecule is CN(CCOc1ccc(Br)cc1)[C@H]1CS(=O)(=O)C[C@@H]1O. The van der Waals surface area contributed by atoms with Crippen molar-refractivity contribution >= 4 is 25.8 Å². The van der Waals surface area contributed by atoms with Crippen molar-refractivity contribution in [3.05, 3.63) is 28.7 Å². The number of likely N-dealkylation sites (N-methyl/N-ethyl adjacent to an activating group) is 1. The second kappa shape index (κ2) is 6.43. The van der Waals surface area contributed by atoms with Crippen molar-refractivity contribution in [2.75, 3.05) is 31.7 Å². The van der Waals surface area contributed by atoms with Gasteiger partial charge in [-0.05, 0) is 31.3 Å². The lowest BCUT2D eigenvalue weighted by molar-refractivity contribution is 0.0903. The molecule has 0 aliphatic carbocycles. The molecule has 1 aliphatic rings. The molecule has 0 unspecified atom stereocenters. The zero-order valence-corrected chi connectivity index (χ0v) is 13.6. The molecule has 1 saturated heterocycles. The van der Waals surface area contributed by atoms with Crippen LogP contribution >= 0.6 is 15.9 Å². The summed E-state index contributed by atoms with van der Waals surface area (Å²) >= 11 is 3.35. The van der Waals surface area contributed by atoms with Crippen LogP contribution in [0.2, 0.25) is 0 Å². The van der Waals surface area contributed by atoms with Crippen molar-refractivity contribution < 1.29 is 18.3 Å². The van der Waals surface area contributed by atoms with Crippen LogP contribution < -0.4 is 4.74 Å². The van der Waals surface area contributed by atoms with Gasteiger partial charge in [-0.1, -0.05) is 15.9 Å². The molecule has 1 aromatic carbocycles. The maximum Gasteiger partial charge on any atom is 0.154 e. The zero-order valence-electron chi connectivity index (χ0n) is 11.2. The summed E-state index contributed by atoms with van der Waals surface area (Å²) in [5.74, 6) is 0.639. The monoisotopic (exact) mass is 363 g/mol. The Morgan fingerprint density at radius 3 is 2.55 bits per heavy atom. The first-order valence-electron chi connectivity index (χ1n) is 6.34. The van der Waals surface area contributed by atoms with E-state index in [1.54, 1.807) is 7.05 Å². The zero-order chi connectivity index (χ0) is 14.8. The van der Waals surface area contributed by atoms with Crippen LogP contribution in [0.25, 0.3) is 0 Å². The summed E-state index contributed by atoms with van der Waals surface area (Å²) in [7, 11) is -1.30. The van der Waals surface area contributed by atoms with E-state index in [4.69, 9.17) is 4.74 Å². The molecule has 112 valence electrons. The minimum absolute atomic E-state index is 0.0168. The smallest absolute Gasteiger partial charge is 0.154 e. The van der Waals surface area contributed by atoms with E-state index in [0.717, 1.165) is 10.2 Å². The highest BCUT2D eigenvalue weighted by Crippen LogP contribution is 2.18. The van der Waals surface area contributed by atoms with Crippen LogP contribution in [0.5, 0.6) is 5.75 Å². The third kappa shape index (κ3) is 4.18. The third-order valence-electron chi connectivity index (χ3n) is 3.39. The second-order valence-corrected chi connectivity index (χ2v) is 8.06. The molecular formula is C13H18BrNO4S. The van der Waals surface area contributed by atoms with E-state index in [1.807, 2.05) is 29.2 Å². The highest BCUT2D eigenvalue weighted by molar-refractivity contribution is 9.10. The van der Waals surface area contributed by atoms with Gasteiger partial charge in [-0.2, -0.15) is 0 Å². The lowest BCUT2D eigenvalue weighted by Gasteiger charge is -2.25. The van der Waals surface area contributed by atoms with Gasteiger partial charge in [0.1, 0.15) is 12.4 Å². The van der Waals surface area contributed by atoms with Crippen molar-refractivity contribution in [3.8, 4) is 5.75 Å². The van der Waals surface area contributed by atoms with E-state index in [2.05, 4.69) is 15.9 Å². The normalized spacial score (nSPS) is 25.0. The van der Waals surface area contributed by atoms with Crippen LogP contribution in [0.15, 0.2) is 28.7 Å². The molecule has 2 rings (SSSR count). The second-order valence-electron chi connectivity index (χ2n) is 4.99. The van der Waals surface area contributed by atoms with Crippen LogP contribution in [-0.2, 0) is 9.84 Å². The summed E-state index contributed by atoms with van der Waals surface area (Å²) in [4.78, 5) is 1.84. The van der Waals surface area contributed by atoms with Crippen LogP contribution in [0.1, 0.15) is 0 Å². The lowest BCUT2D eigenvalue weighted by Crippen LogP contribution is -2.42. The van der Waals surface area contributed by atoms with Crippen LogP contribution in [-0.4, -0.2) is 62.3 Å². The van der Waals surface area contributed by atoms with E-state index in [0.29, 0.717) is 13.2 Å². The average Bonchev–Trinajstić information content (AvgIpc) is 2.65. The number of halogens is 1. The Labute approximate surface area is 127 Å². The molecule has 0 bridgehead atoms. The fraction of sp³-hybridized carbons (Fsp3) is 0.538. The highest BCUT2D eigenvalue weighted by Gasteiger charge is 2.38. The standard InChI is InChI=1S/C13H18BrNO4S/c1-15(12-8-20(17,18)9-13(12)16)6-7-19-11-4-2-10(14)3-5-11/h2-5,12-13,16H,6-9H2,1H3/t12-,13-/m0/s1. The van der Waals surface area contributed by atoms with E-state index in [1.165, 1.54) is 0 Å². The van der Waals surface area contributed by atoms with Crippen LogP contribution in [0, 0.1) is 0 Å². The topological polar surface area (TPSA) is 66.8 Å². The molecule has 1 aromatic rings. The molecule has 5 nitrogen and oxygen atoms in total. The number of nitrogens with zero attached hydrogens (tertiary/aromatic N) is 1. The first-order chi connectivity index (χ1) is 9.37. The first kappa shape index (κ1) is 15.8. The van der Waals surface area contributed by atoms with E-state index in [9.17, 15) is 13.5 Å². The molecule has 1 fully saturated rings. The Kier molecular flexibility index (Phi) is 5.06. The molecule has 0 spiro atoms. The van der Waals surface area contributed by atoms with Crippen molar-refractivity contribution in [1.82, 2.24) is 4.90 Å². The summed E-state index contributed by atoms with van der Waals surface area (Å²) in [6.07, 6.45) is -0.808.